The number of nitrogens with one attached hydrogen (secondary N) is 1. The standard InChI is InChI=1S/C13H22N2OS/c1-13(2,3)7-6-8-15(5)10-9(14-4)12(17)11(10)16/h14H,6-8H2,1-5H3. The zero-order chi connectivity index (χ0) is 13.2. The van der Waals surface area contributed by atoms with Crippen molar-refractivity contribution in [3.8, 4) is 0 Å². The minimum atomic E-state index is 0.00242. The smallest absolute Gasteiger partial charge is 0.224 e. The normalized spacial score (nSPS) is 11.8. The van der Waals surface area contributed by atoms with Gasteiger partial charge in [0.15, 0.2) is 0 Å². The highest BCUT2D eigenvalue weighted by Crippen LogP contribution is 2.27. The Bertz CT molecular complexity index is 452. The van der Waals surface area contributed by atoms with Crippen LogP contribution in [0.2, 0.25) is 0 Å². The maximum absolute atomic E-state index is 11.7. The molecule has 1 rings (SSSR count). The summed E-state index contributed by atoms with van der Waals surface area (Å²) in [5.41, 5.74) is 1.91. The molecule has 0 saturated carbocycles. The molecule has 96 valence electrons. The Hall–Kier alpha value is -0.900. The molecule has 4 heteroatoms. The molecule has 0 aliphatic heterocycles. The van der Waals surface area contributed by atoms with Crippen LogP contribution in [0.5, 0.6) is 0 Å². The van der Waals surface area contributed by atoms with Gasteiger partial charge in [0.05, 0.1) is 5.69 Å². The molecule has 0 radical (unpaired) electrons. The second kappa shape index (κ2) is 5.17. The first-order chi connectivity index (χ1) is 7.78. The average molecular weight is 254 g/mol. The van der Waals surface area contributed by atoms with E-state index in [1.807, 2.05) is 11.9 Å². The van der Waals surface area contributed by atoms with E-state index in [4.69, 9.17) is 12.2 Å². The molecule has 0 aliphatic rings. The largest absolute Gasteiger partial charge is 0.385 e. The summed E-state index contributed by atoms with van der Waals surface area (Å²) in [7, 11) is 3.76. The summed E-state index contributed by atoms with van der Waals surface area (Å²) in [5, 5.41) is 3.00. The van der Waals surface area contributed by atoms with E-state index < -0.39 is 0 Å². The zero-order valence-corrected chi connectivity index (χ0v) is 12.2. The molecule has 0 amide bonds. The van der Waals surface area contributed by atoms with Gasteiger partial charge >= 0.3 is 0 Å². The SMILES string of the molecule is CNc1c(N(C)CCCC(C)(C)C)c(=O)c1=S. The Labute approximate surface area is 109 Å². The van der Waals surface area contributed by atoms with Crippen LogP contribution in [0.15, 0.2) is 4.79 Å². The van der Waals surface area contributed by atoms with Gasteiger partial charge in [0.2, 0.25) is 5.43 Å². The highest BCUT2D eigenvalue weighted by molar-refractivity contribution is 7.71. The average Bonchev–Trinajstić information content (AvgIpc) is 2.22. The molecule has 0 aliphatic carbocycles. The molecule has 0 fully saturated rings. The third kappa shape index (κ3) is 3.28. The molecule has 0 heterocycles. The first kappa shape index (κ1) is 14.2. The van der Waals surface area contributed by atoms with Crippen molar-refractivity contribution in [1.29, 1.82) is 0 Å². The van der Waals surface area contributed by atoms with Crippen LogP contribution < -0.4 is 15.6 Å². The molecule has 0 atom stereocenters. The molecule has 0 spiro atoms. The van der Waals surface area contributed by atoms with Crippen LogP contribution in [0.4, 0.5) is 11.4 Å². The maximum Gasteiger partial charge on any atom is 0.224 e. The van der Waals surface area contributed by atoms with Gasteiger partial charge in [0.1, 0.15) is 10.2 Å². The van der Waals surface area contributed by atoms with Crippen LogP contribution in [0.3, 0.4) is 0 Å². The third-order valence-corrected chi connectivity index (χ3v) is 3.33. The van der Waals surface area contributed by atoms with Crippen molar-refractivity contribution in [3.63, 3.8) is 0 Å². The summed E-state index contributed by atoms with van der Waals surface area (Å²) in [6, 6.07) is 0. The van der Waals surface area contributed by atoms with E-state index in [0.29, 0.717) is 9.93 Å². The highest BCUT2D eigenvalue weighted by Gasteiger charge is 2.20. The Morgan fingerprint density at radius 2 is 1.94 bits per heavy atom. The van der Waals surface area contributed by atoms with Crippen LogP contribution in [0, 0.1) is 9.93 Å². The Morgan fingerprint density at radius 1 is 1.35 bits per heavy atom. The maximum atomic E-state index is 11.7. The molecule has 1 N–H and O–H groups in total. The van der Waals surface area contributed by atoms with Crippen molar-refractivity contribution >= 4 is 23.6 Å². The molecule has 0 saturated heterocycles. The summed E-state index contributed by atoms with van der Waals surface area (Å²) < 4.78 is 0.435. The minimum absolute atomic E-state index is 0.00242. The van der Waals surface area contributed by atoms with Crippen LogP contribution in [0.1, 0.15) is 33.6 Å². The van der Waals surface area contributed by atoms with Crippen molar-refractivity contribution in [2.45, 2.75) is 33.6 Å². The van der Waals surface area contributed by atoms with Gasteiger partial charge in [0.25, 0.3) is 0 Å². The van der Waals surface area contributed by atoms with Gasteiger partial charge < -0.3 is 10.2 Å². The van der Waals surface area contributed by atoms with E-state index in [2.05, 4.69) is 26.1 Å². The minimum Gasteiger partial charge on any atom is -0.385 e. The van der Waals surface area contributed by atoms with E-state index in [9.17, 15) is 4.79 Å². The van der Waals surface area contributed by atoms with Crippen molar-refractivity contribution in [2.24, 2.45) is 5.41 Å². The van der Waals surface area contributed by atoms with E-state index in [0.717, 1.165) is 30.8 Å². The third-order valence-electron chi connectivity index (χ3n) is 2.94. The number of anilines is 2. The lowest BCUT2D eigenvalue weighted by atomic mass is 9.90. The van der Waals surface area contributed by atoms with E-state index >= 15 is 0 Å². The van der Waals surface area contributed by atoms with Gasteiger partial charge in [-0.05, 0) is 18.3 Å². The van der Waals surface area contributed by atoms with Gasteiger partial charge in [-0.1, -0.05) is 33.0 Å². The van der Waals surface area contributed by atoms with Crippen molar-refractivity contribution in [2.75, 3.05) is 30.9 Å². The Morgan fingerprint density at radius 3 is 2.41 bits per heavy atom. The lowest BCUT2D eigenvalue weighted by Crippen LogP contribution is -2.30. The molecule has 1 aromatic rings. The molecule has 3 nitrogen and oxygen atoms in total. The number of rotatable bonds is 5. The first-order valence-corrected chi connectivity index (χ1v) is 6.41. The van der Waals surface area contributed by atoms with Crippen molar-refractivity contribution in [1.82, 2.24) is 0 Å². The van der Waals surface area contributed by atoms with Crippen LogP contribution >= 0.6 is 12.2 Å². The number of hydrogen-bond donors (Lipinski definition) is 1. The number of nitrogens with zero attached hydrogens (tertiary/aromatic N) is 1. The van der Waals surface area contributed by atoms with Gasteiger partial charge in [-0.2, -0.15) is 0 Å². The van der Waals surface area contributed by atoms with Gasteiger partial charge in [-0.25, -0.2) is 0 Å². The van der Waals surface area contributed by atoms with Crippen LogP contribution in [0.25, 0.3) is 0 Å². The molecule has 0 aromatic heterocycles. The summed E-state index contributed by atoms with van der Waals surface area (Å²) >= 11 is 5.00. The Kier molecular flexibility index (Phi) is 4.31. The van der Waals surface area contributed by atoms with Gasteiger partial charge in [-0.3, -0.25) is 4.79 Å². The molecule has 1 aromatic carbocycles. The summed E-state index contributed by atoms with van der Waals surface area (Å²) in [5.74, 6) is 0. The zero-order valence-electron chi connectivity index (χ0n) is 11.4. The summed E-state index contributed by atoms with van der Waals surface area (Å²) in [4.78, 5) is 13.7. The Balaban J connectivity index is 2.60. The lowest BCUT2D eigenvalue weighted by Gasteiger charge is -2.25. The molecular formula is C13H22N2OS. The van der Waals surface area contributed by atoms with Crippen molar-refractivity contribution < 1.29 is 0 Å². The predicted molar refractivity (Wildman–Crippen MR) is 77.4 cm³/mol. The molecule has 0 unspecified atom stereocenters. The van der Waals surface area contributed by atoms with E-state index in [1.165, 1.54) is 0 Å². The second-order valence-corrected chi connectivity index (χ2v) is 6.13. The van der Waals surface area contributed by atoms with Gasteiger partial charge in [0, 0.05) is 20.6 Å². The quantitative estimate of drug-likeness (QED) is 0.819. The van der Waals surface area contributed by atoms with Gasteiger partial charge in [-0.15, -0.1) is 0 Å². The first-order valence-electron chi connectivity index (χ1n) is 6.00. The van der Waals surface area contributed by atoms with Crippen LogP contribution in [-0.4, -0.2) is 20.6 Å². The molecular weight excluding hydrogens is 232 g/mol. The monoisotopic (exact) mass is 254 g/mol. The van der Waals surface area contributed by atoms with Crippen LogP contribution in [-0.2, 0) is 0 Å². The van der Waals surface area contributed by atoms with Crippen molar-refractivity contribution in [3.05, 3.63) is 14.7 Å². The lowest BCUT2D eigenvalue weighted by molar-refractivity contribution is 0.367. The van der Waals surface area contributed by atoms with E-state index in [1.54, 1.807) is 7.05 Å². The number of hydrogen-bond acceptors (Lipinski definition) is 4. The fourth-order valence-electron chi connectivity index (χ4n) is 1.93. The predicted octanol–water partition coefficient (Wildman–Crippen LogP) is 2.96. The molecule has 0 bridgehead atoms. The summed E-state index contributed by atoms with van der Waals surface area (Å²) in [6.45, 7) is 7.59. The summed E-state index contributed by atoms with van der Waals surface area (Å²) in [6.07, 6.45) is 2.23. The topological polar surface area (TPSA) is 32.3 Å². The van der Waals surface area contributed by atoms with E-state index in [-0.39, 0.29) is 5.43 Å². The highest BCUT2D eigenvalue weighted by atomic mass is 32.1. The second-order valence-electron chi connectivity index (χ2n) is 5.72. The fraction of sp³-hybridized carbons (Fsp3) is 0.692. The fourth-order valence-corrected chi connectivity index (χ4v) is 2.23. The molecule has 17 heavy (non-hydrogen) atoms.